The minimum atomic E-state index is -0.614. The van der Waals surface area contributed by atoms with Crippen molar-refractivity contribution in [3.05, 3.63) is 57.1 Å². The Labute approximate surface area is 192 Å². The largest absolute Gasteiger partial charge is 0.486 e. The van der Waals surface area contributed by atoms with Crippen molar-refractivity contribution in [2.45, 2.75) is 51.7 Å². The van der Waals surface area contributed by atoms with Crippen molar-refractivity contribution in [3.63, 3.8) is 0 Å². The van der Waals surface area contributed by atoms with Crippen LogP contribution in [0, 0.1) is 13.8 Å². The molecule has 0 radical (unpaired) electrons. The number of hydrogen-bond donors (Lipinski definition) is 0. The monoisotopic (exact) mass is 461 g/mol. The van der Waals surface area contributed by atoms with Gasteiger partial charge in [-0.1, -0.05) is 23.2 Å². The van der Waals surface area contributed by atoms with E-state index < -0.39 is 11.7 Å². The van der Waals surface area contributed by atoms with Gasteiger partial charge in [0.05, 0.1) is 12.0 Å². The van der Waals surface area contributed by atoms with Crippen molar-refractivity contribution in [2.75, 3.05) is 13.1 Å². The van der Waals surface area contributed by atoms with Crippen LogP contribution >= 0.6 is 23.2 Å². The number of aryl methyl sites for hydroxylation is 1. The van der Waals surface area contributed by atoms with Gasteiger partial charge in [-0.25, -0.2) is 0 Å². The number of carbonyl (C=O) groups excluding carboxylic acids is 2. The number of rotatable bonds is 3. The molecule has 0 aromatic heterocycles. The number of halogens is 2. The summed E-state index contributed by atoms with van der Waals surface area (Å²) < 4.78 is 12.2. The number of ether oxygens (including phenoxy) is 2. The molecule has 31 heavy (non-hydrogen) atoms. The van der Waals surface area contributed by atoms with Crippen molar-refractivity contribution < 1.29 is 19.1 Å². The van der Waals surface area contributed by atoms with Crippen LogP contribution < -0.4 is 9.47 Å². The summed E-state index contributed by atoms with van der Waals surface area (Å²) in [4.78, 5) is 27.6. The summed E-state index contributed by atoms with van der Waals surface area (Å²) in [5.74, 6) is 1.18. The van der Waals surface area contributed by atoms with Crippen LogP contribution in [0.5, 0.6) is 11.5 Å². The summed E-state index contributed by atoms with van der Waals surface area (Å²) in [6.07, 6.45) is 0.882. The van der Waals surface area contributed by atoms with Gasteiger partial charge in [-0.15, -0.1) is 0 Å². The van der Waals surface area contributed by atoms with Crippen LogP contribution in [-0.4, -0.2) is 41.4 Å². The van der Waals surface area contributed by atoms with Crippen molar-refractivity contribution in [2.24, 2.45) is 0 Å². The minimum absolute atomic E-state index is 0.0554. The van der Waals surface area contributed by atoms with Crippen LogP contribution in [0.25, 0.3) is 0 Å². The molecule has 1 spiro atoms. The Balaban J connectivity index is 1.43. The van der Waals surface area contributed by atoms with Crippen LogP contribution in [0.15, 0.2) is 30.3 Å². The van der Waals surface area contributed by atoms with Crippen LogP contribution in [0.3, 0.4) is 0 Å². The zero-order valence-electron chi connectivity index (χ0n) is 17.8. The Morgan fingerprint density at radius 2 is 1.81 bits per heavy atom. The van der Waals surface area contributed by atoms with Gasteiger partial charge < -0.3 is 14.4 Å². The highest BCUT2D eigenvalue weighted by Gasteiger charge is 2.45. The van der Waals surface area contributed by atoms with E-state index in [0.29, 0.717) is 59.5 Å². The SMILES string of the molecule is Cc1cc2c(c(C)c1Cl)C(=O)CC1(CCN(C(=O)C(C)Oc3ccc(Cl)cc3)CC1)O2. The molecule has 164 valence electrons. The van der Waals surface area contributed by atoms with Crippen molar-refractivity contribution in [1.29, 1.82) is 0 Å². The maximum Gasteiger partial charge on any atom is 0.263 e. The van der Waals surface area contributed by atoms with Crippen molar-refractivity contribution >= 4 is 34.9 Å². The van der Waals surface area contributed by atoms with Gasteiger partial charge in [-0.2, -0.15) is 0 Å². The predicted octanol–water partition coefficient (Wildman–Crippen LogP) is 5.40. The number of amides is 1. The Kier molecular flexibility index (Phi) is 5.93. The zero-order valence-corrected chi connectivity index (χ0v) is 19.3. The fraction of sp³-hybridized carbons (Fsp3) is 0.417. The van der Waals surface area contributed by atoms with Gasteiger partial charge in [-0.3, -0.25) is 9.59 Å². The molecular weight excluding hydrogens is 437 g/mol. The van der Waals surface area contributed by atoms with E-state index in [1.807, 2.05) is 19.9 Å². The lowest BCUT2D eigenvalue weighted by atomic mass is 9.81. The summed E-state index contributed by atoms with van der Waals surface area (Å²) in [5, 5.41) is 1.23. The molecule has 7 heteroatoms. The molecule has 4 rings (SSSR count). The van der Waals surface area contributed by atoms with E-state index >= 15 is 0 Å². The van der Waals surface area contributed by atoms with Gasteiger partial charge >= 0.3 is 0 Å². The van der Waals surface area contributed by atoms with E-state index in [1.54, 1.807) is 36.1 Å². The standard InChI is InChI=1S/C24H25Cl2NO4/c1-14-12-20-21(15(2)22(14)26)19(28)13-24(31-20)8-10-27(11-9-24)23(29)16(3)30-18-6-4-17(25)5-7-18/h4-7,12,16H,8-11,13H2,1-3H3. The van der Waals surface area contributed by atoms with E-state index in [4.69, 9.17) is 32.7 Å². The van der Waals surface area contributed by atoms with Gasteiger partial charge in [-0.05, 0) is 62.2 Å². The Hall–Kier alpha value is -2.24. The molecule has 2 heterocycles. The number of carbonyl (C=O) groups is 2. The van der Waals surface area contributed by atoms with Gasteiger partial charge in [0.25, 0.3) is 5.91 Å². The molecule has 2 aromatic rings. The van der Waals surface area contributed by atoms with E-state index in [9.17, 15) is 9.59 Å². The second-order valence-corrected chi connectivity index (χ2v) is 9.24. The molecule has 5 nitrogen and oxygen atoms in total. The second-order valence-electron chi connectivity index (χ2n) is 8.43. The van der Waals surface area contributed by atoms with Crippen molar-refractivity contribution in [1.82, 2.24) is 4.90 Å². The maximum absolute atomic E-state index is 12.9. The minimum Gasteiger partial charge on any atom is -0.486 e. The molecule has 2 aromatic carbocycles. The highest BCUT2D eigenvalue weighted by Crippen LogP contribution is 2.43. The fourth-order valence-electron chi connectivity index (χ4n) is 4.44. The lowest BCUT2D eigenvalue weighted by molar-refractivity contribution is -0.141. The van der Waals surface area contributed by atoms with E-state index in [2.05, 4.69) is 0 Å². The Morgan fingerprint density at radius 3 is 2.45 bits per heavy atom. The summed E-state index contributed by atoms with van der Waals surface area (Å²) in [6.45, 7) is 6.54. The quantitative estimate of drug-likeness (QED) is 0.613. The Bertz CT molecular complexity index is 1030. The second kappa shape index (κ2) is 8.36. The lowest BCUT2D eigenvalue weighted by Gasteiger charge is -2.44. The summed E-state index contributed by atoms with van der Waals surface area (Å²) in [7, 11) is 0. The third-order valence-corrected chi connectivity index (χ3v) is 7.03. The number of hydrogen-bond acceptors (Lipinski definition) is 4. The summed E-state index contributed by atoms with van der Waals surface area (Å²) >= 11 is 12.2. The van der Waals surface area contributed by atoms with Gasteiger partial charge in [0.1, 0.15) is 17.1 Å². The first-order valence-electron chi connectivity index (χ1n) is 10.4. The van der Waals surface area contributed by atoms with Crippen LogP contribution in [0.2, 0.25) is 10.0 Å². The van der Waals surface area contributed by atoms with E-state index in [1.165, 1.54) is 0 Å². The third kappa shape index (κ3) is 4.26. The first-order valence-corrected chi connectivity index (χ1v) is 11.2. The van der Waals surface area contributed by atoms with Gasteiger partial charge in [0, 0.05) is 36.0 Å². The first kappa shape index (κ1) is 22.0. The van der Waals surface area contributed by atoms with Crippen molar-refractivity contribution in [3.8, 4) is 11.5 Å². The summed E-state index contributed by atoms with van der Waals surface area (Å²) in [6, 6.07) is 8.79. The topological polar surface area (TPSA) is 55.8 Å². The fourth-order valence-corrected chi connectivity index (χ4v) is 4.71. The molecule has 1 saturated heterocycles. The van der Waals surface area contributed by atoms with Crippen LogP contribution in [0.4, 0.5) is 0 Å². The molecule has 1 amide bonds. The smallest absolute Gasteiger partial charge is 0.263 e. The molecular formula is C24H25Cl2NO4. The van der Waals surface area contributed by atoms with Gasteiger partial charge in [0.15, 0.2) is 11.9 Å². The van der Waals surface area contributed by atoms with Gasteiger partial charge in [0.2, 0.25) is 0 Å². The number of likely N-dealkylation sites (tertiary alicyclic amines) is 1. The molecule has 0 bridgehead atoms. The molecule has 2 aliphatic rings. The highest BCUT2D eigenvalue weighted by atomic mass is 35.5. The maximum atomic E-state index is 12.9. The van der Waals surface area contributed by atoms with Crippen LogP contribution in [0.1, 0.15) is 47.7 Å². The van der Waals surface area contributed by atoms with Crippen LogP contribution in [-0.2, 0) is 4.79 Å². The normalized spacial score (nSPS) is 18.4. The number of fused-ring (bicyclic) bond motifs is 1. The third-order valence-electron chi connectivity index (χ3n) is 6.19. The Morgan fingerprint density at radius 1 is 1.16 bits per heavy atom. The molecule has 0 saturated carbocycles. The highest BCUT2D eigenvalue weighted by molar-refractivity contribution is 6.32. The average Bonchev–Trinajstić information content (AvgIpc) is 2.73. The predicted molar refractivity (Wildman–Crippen MR) is 121 cm³/mol. The molecule has 0 N–H and O–H groups in total. The number of Topliss-reactive ketones (excluding diaryl/α,β-unsaturated/α-hetero) is 1. The number of piperidine rings is 1. The average molecular weight is 462 g/mol. The van der Waals surface area contributed by atoms with E-state index in [-0.39, 0.29) is 11.7 Å². The molecule has 1 atom stereocenters. The number of nitrogens with zero attached hydrogens (tertiary/aromatic N) is 1. The zero-order chi connectivity index (χ0) is 22.3. The van der Waals surface area contributed by atoms with E-state index in [0.717, 1.165) is 11.1 Å². The number of ketones is 1. The lowest BCUT2D eigenvalue weighted by Crippen LogP contribution is -2.54. The molecule has 1 fully saturated rings. The molecule has 1 unspecified atom stereocenters. The number of benzene rings is 2. The molecule has 2 aliphatic heterocycles. The molecule has 0 aliphatic carbocycles. The summed E-state index contributed by atoms with van der Waals surface area (Å²) in [5.41, 5.74) is 1.68. The first-order chi connectivity index (χ1) is 14.7.